The van der Waals surface area contributed by atoms with Crippen LogP contribution < -0.4 is 5.32 Å². The molecule has 0 aliphatic heterocycles. The normalized spacial score (nSPS) is 11.4. The molecule has 0 aliphatic carbocycles. The summed E-state index contributed by atoms with van der Waals surface area (Å²) in [7, 11) is 0. The van der Waals surface area contributed by atoms with Gasteiger partial charge in [-0.3, -0.25) is 4.79 Å². The van der Waals surface area contributed by atoms with Crippen LogP contribution in [0.4, 0.5) is 13.2 Å². The van der Waals surface area contributed by atoms with Crippen molar-refractivity contribution in [3.63, 3.8) is 0 Å². The molecular weight excluding hydrogens is 257 g/mol. The third kappa shape index (κ3) is 6.24. The van der Waals surface area contributed by atoms with Gasteiger partial charge < -0.3 is 10.2 Å². The van der Waals surface area contributed by atoms with Crippen LogP contribution in [0.3, 0.4) is 0 Å². The molecule has 0 saturated carbocycles. The Balaban J connectivity index is 2.44. The topological polar surface area (TPSA) is 32.3 Å². The van der Waals surface area contributed by atoms with E-state index in [9.17, 15) is 18.0 Å². The summed E-state index contributed by atoms with van der Waals surface area (Å²) in [5, 5.41) is 2.11. The standard InChI is InChI=1S/C13H17F3N2O/c1-2-18(9-11-6-4-3-5-7-11)12(19)8-17-10-13(14,15)16/h3-7,17H,2,8-10H2,1H3. The van der Waals surface area contributed by atoms with Crippen LogP contribution in [0, 0.1) is 0 Å². The van der Waals surface area contributed by atoms with Crippen molar-refractivity contribution in [1.82, 2.24) is 10.2 Å². The number of likely N-dealkylation sites (N-methyl/N-ethyl adjacent to an activating group) is 1. The van der Waals surface area contributed by atoms with E-state index in [0.717, 1.165) is 5.56 Å². The highest BCUT2D eigenvalue weighted by Gasteiger charge is 2.26. The average Bonchev–Trinajstić information content (AvgIpc) is 2.35. The van der Waals surface area contributed by atoms with Crippen LogP contribution in [0.15, 0.2) is 30.3 Å². The molecule has 0 aliphatic rings. The van der Waals surface area contributed by atoms with E-state index < -0.39 is 12.7 Å². The van der Waals surface area contributed by atoms with E-state index in [4.69, 9.17) is 0 Å². The van der Waals surface area contributed by atoms with Gasteiger partial charge in [-0.15, -0.1) is 0 Å². The summed E-state index contributed by atoms with van der Waals surface area (Å²) in [6.45, 7) is 1.21. The Kier molecular flexibility index (Phi) is 5.82. The smallest absolute Gasteiger partial charge is 0.338 e. The minimum absolute atomic E-state index is 0.305. The molecular formula is C13H17F3N2O. The molecule has 0 fully saturated rings. The minimum Gasteiger partial charge on any atom is -0.338 e. The second-order valence-corrected chi connectivity index (χ2v) is 4.11. The van der Waals surface area contributed by atoms with Gasteiger partial charge in [-0.05, 0) is 12.5 Å². The van der Waals surface area contributed by atoms with Crippen LogP contribution in [0.5, 0.6) is 0 Å². The van der Waals surface area contributed by atoms with Crippen molar-refractivity contribution in [2.75, 3.05) is 19.6 Å². The molecule has 19 heavy (non-hydrogen) atoms. The zero-order valence-electron chi connectivity index (χ0n) is 10.7. The zero-order valence-corrected chi connectivity index (χ0v) is 10.7. The fourth-order valence-electron chi connectivity index (χ4n) is 1.60. The van der Waals surface area contributed by atoms with E-state index in [1.54, 1.807) is 6.92 Å². The lowest BCUT2D eigenvalue weighted by Crippen LogP contribution is -2.40. The van der Waals surface area contributed by atoms with Crippen LogP contribution >= 0.6 is 0 Å². The van der Waals surface area contributed by atoms with Gasteiger partial charge in [0.25, 0.3) is 0 Å². The van der Waals surface area contributed by atoms with Crippen molar-refractivity contribution < 1.29 is 18.0 Å². The summed E-state index contributed by atoms with van der Waals surface area (Å²) in [6, 6.07) is 9.33. The molecule has 1 N–H and O–H groups in total. The first-order valence-corrected chi connectivity index (χ1v) is 6.01. The Labute approximate surface area is 110 Å². The number of benzene rings is 1. The van der Waals surface area contributed by atoms with E-state index >= 15 is 0 Å². The number of alkyl halides is 3. The largest absolute Gasteiger partial charge is 0.401 e. The molecule has 0 heterocycles. The SMILES string of the molecule is CCN(Cc1ccccc1)C(=O)CNCC(F)(F)F. The van der Waals surface area contributed by atoms with Crippen molar-refractivity contribution in [2.24, 2.45) is 0 Å². The molecule has 106 valence electrons. The molecule has 0 atom stereocenters. The second-order valence-electron chi connectivity index (χ2n) is 4.11. The summed E-state index contributed by atoms with van der Waals surface area (Å²) in [6.07, 6.45) is -4.29. The van der Waals surface area contributed by atoms with Crippen LogP contribution in [0.2, 0.25) is 0 Å². The number of nitrogens with one attached hydrogen (secondary N) is 1. The zero-order chi connectivity index (χ0) is 14.3. The van der Waals surface area contributed by atoms with E-state index in [2.05, 4.69) is 5.32 Å². The van der Waals surface area contributed by atoms with Gasteiger partial charge in [0.2, 0.25) is 5.91 Å². The molecule has 1 amide bonds. The highest BCUT2D eigenvalue weighted by Crippen LogP contribution is 2.12. The maximum Gasteiger partial charge on any atom is 0.401 e. The van der Waals surface area contributed by atoms with Gasteiger partial charge in [-0.1, -0.05) is 30.3 Å². The van der Waals surface area contributed by atoms with Gasteiger partial charge in [0.05, 0.1) is 13.1 Å². The molecule has 1 aromatic carbocycles. The Morgan fingerprint density at radius 1 is 1.26 bits per heavy atom. The Bertz CT molecular complexity index is 393. The lowest BCUT2D eigenvalue weighted by atomic mass is 10.2. The van der Waals surface area contributed by atoms with E-state index in [1.165, 1.54) is 4.90 Å². The van der Waals surface area contributed by atoms with Gasteiger partial charge in [-0.25, -0.2) is 0 Å². The third-order valence-electron chi connectivity index (χ3n) is 2.55. The summed E-state index contributed by atoms with van der Waals surface area (Å²) in [5.41, 5.74) is 0.952. The molecule has 0 unspecified atom stereocenters. The number of amides is 1. The van der Waals surface area contributed by atoms with Gasteiger partial charge >= 0.3 is 6.18 Å². The molecule has 0 aromatic heterocycles. The van der Waals surface area contributed by atoms with E-state index in [0.29, 0.717) is 13.1 Å². The number of hydrogen-bond donors (Lipinski definition) is 1. The monoisotopic (exact) mass is 274 g/mol. The predicted octanol–water partition coefficient (Wildman–Crippen LogP) is 2.19. The fraction of sp³-hybridized carbons (Fsp3) is 0.462. The molecule has 0 spiro atoms. The lowest BCUT2D eigenvalue weighted by Gasteiger charge is -2.21. The predicted molar refractivity (Wildman–Crippen MR) is 66.5 cm³/mol. The van der Waals surface area contributed by atoms with Gasteiger partial charge in [-0.2, -0.15) is 13.2 Å². The van der Waals surface area contributed by atoms with Crippen LogP contribution in [0.1, 0.15) is 12.5 Å². The van der Waals surface area contributed by atoms with Crippen molar-refractivity contribution in [2.45, 2.75) is 19.6 Å². The molecule has 3 nitrogen and oxygen atoms in total. The Morgan fingerprint density at radius 2 is 1.89 bits per heavy atom. The van der Waals surface area contributed by atoms with Crippen LogP contribution in [-0.2, 0) is 11.3 Å². The van der Waals surface area contributed by atoms with Crippen molar-refractivity contribution in [3.8, 4) is 0 Å². The third-order valence-corrected chi connectivity index (χ3v) is 2.55. The van der Waals surface area contributed by atoms with E-state index in [-0.39, 0.29) is 12.5 Å². The number of carbonyl (C=O) groups is 1. The molecule has 6 heteroatoms. The number of halogens is 3. The fourth-order valence-corrected chi connectivity index (χ4v) is 1.60. The minimum atomic E-state index is -4.29. The summed E-state index contributed by atoms with van der Waals surface area (Å²) >= 11 is 0. The first kappa shape index (κ1) is 15.5. The van der Waals surface area contributed by atoms with Gasteiger partial charge in [0.1, 0.15) is 0 Å². The highest BCUT2D eigenvalue weighted by molar-refractivity contribution is 5.78. The highest BCUT2D eigenvalue weighted by atomic mass is 19.4. The molecule has 0 radical (unpaired) electrons. The quantitative estimate of drug-likeness (QED) is 0.862. The maximum absolute atomic E-state index is 11.9. The number of hydrogen-bond acceptors (Lipinski definition) is 2. The Hall–Kier alpha value is -1.56. The lowest BCUT2D eigenvalue weighted by molar-refractivity contribution is -0.134. The Morgan fingerprint density at radius 3 is 2.42 bits per heavy atom. The van der Waals surface area contributed by atoms with Crippen molar-refractivity contribution >= 4 is 5.91 Å². The van der Waals surface area contributed by atoms with Crippen molar-refractivity contribution in [3.05, 3.63) is 35.9 Å². The molecule has 1 aromatic rings. The van der Waals surface area contributed by atoms with Gasteiger partial charge in [0, 0.05) is 13.1 Å². The summed E-state index contributed by atoms with van der Waals surface area (Å²) in [4.78, 5) is 13.3. The summed E-state index contributed by atoms with van der Waals surface area (Å²) in [5.74, 6) is -0.337. The number of rotatable bonds is 6. The molecule has 1 rings (SSSR count). The first-order chi connectivity index (χ1) is 8.92. The second kappa shape index (κ2) is 7.13. The van der Waals surface area contributed by atoms with Gasteiger partial charge in [0.15, 0.2) is 0 Å². The molecule has 0 saturated heterocycles. The molecule has 0 bridgehead atoms. The maximum atomic E-state index is 11.9. The first-order valence-electron chi connectivity index (χ1n) is 6.01. The number of carbonyl (C=O) groups excluding carboxylic acids is 1. The van der Waals surface area contributed by atoms with Crippen molar-refractivity contribution in [1.29, 1.82) is 0 Å². The van der Waals surface area contributed by atoms with Crippen LogP contribution in [0.25, 0.3) is 0 Å². The number of nitrogens with zero attached hydrogens (tertiary/aromatic N) is 1. The average molecular weight is 274 g/mol. The van der Waals surface area contributed by atoms with Crippen LogP contribution in [-0.4, -0.2) is 36.6 Å². The van der Waals surface area contributed by atoms with E-state index in [1.807, 2.05) is 30.3 Å². The summed E-state index contributed by atoms with van der Waals surface area (Å²) < 4.78 is 35.8.